The lowest BCUT2D eigenvalue weighted by Crippen LogP contribution is -2.23. The number of amides is 1. The summed E-state index contributed by atoms with van der Waals surface area (Å²) in [4.78, 5) is 16.9. The molecule has 0 fully saturated rings. The largest absolute Gasteiger partial charge is 0.337 e. The van der Waals surface area contributed by atoms with E-state index in [1.54, 1.807) is 7.05 Å². The third kappa shape index (κ3) is 3.17. The smallest absolute Gasteiger partial charge is 0.246 e. The second-order valence-electron chi connectivity index (χ2n) is 4.29. The van der Waals surface area contributed by atoms with Gasteiger partial charge in [-0.2, -0.15) is 4.98 Å². The predicted octanol–water partition coefficient (Wildman–Crippen LogP) is 1.17. The number of nitrogens with zero attached hydrogens (tertiary/aromatic N) is 3. The van der Waals surface area contributed by atoms with Crippen LogP contribution in [0.4, 0.5) is 0 Å². The van der Waals surface area contributed by atoms with Crippen LogP contribution in [0.15, 0.2) is 28.8 Å². The van der Waals surface area contributed by atoms with Crippen LogP contribution in [0.3, 0.4) is 0 Å². The fourth-order valence-corrected chi connectivity index (χ4v) is 1.54. The van der Waals surface area contributed by atoms with Crippen molar-refractivity contribution < 1.29 is 9.32 Å². The lowest BCUT2D eigenvalue weighted by atomic mass is 10.1. The van der Waals surface area contributed by atoms with Gasteiger partial charge in [-0.3, -0.25) is 4.79 Å². The first kappa shape index (κ1) is 13.2. The van der Waals surface area contributed by atoms with Gasteiger partial charge >= 0.3 is 0 Å². The molecule has 0 unspecified atom stereocenters. The SMILES string of the molecule is CC(=O)N(C)Cc1nc(-c2ccc(CN)cc2)no1. The molecule has 0 saturated heterocycles. The first-order valence-corrected chi connectivity index (χ1v) is 5.94. The van der Waals surface area contributed by atoms with Gasteiger partial charge in [0.2, 0.25) is 17.6 Å². The monoisotopic (exact) mass is 260 g/mol. The van der Waals surface area contributed by atoms with E-state index in [1.807, 2.05) is 24.3 Å². The molecule has 1 aromatic carbocycles. The quantitative estimate of drug-likeness (QED) is 0.892. The van der Waals surface area contributed by atoms with Gasteiger partial charge in [0.15, 0.2) is 0 Å². The minimum atomic E-state index is -0.0490. The van der Waals surface area contributed by atoms with Crippen molar-refractivity contribution in [3.05, 3.63) is 35.7 Å². The van der Waals surface area contributed by atoms with E-state index in [-0.39, 0.29) is 5.91 Å². The molecule has 2 rings (SSSR count). The summed E-state index contributed by atoms with van der Waals surface area (Å²) in [6.07, 6.45) is 0. The molecule has 1 amide bonds. The fraction of sp³-hybridized carbons (Fsp3) is 0.308. The number of carbonyl (C=O) groups excluding carboxylic acids is 1. The van der Waals surface area contributed by atoms with Gasteiger partial charge in [-0.1, -0.05) is 29.4 Å². The molecule has 0 aliphatic carbocycles. The second kappa shape index (κ2) is 5.62. The second-order valence-corrected chi connectivity index (χ2v) is 4.29. The van der Waals surface area contributed by atoms with Gasteiger partial charge in [-0.15, -0.1) is 0 Å². The van der Waals surface area contributed by atoms with E-state index < -0.39 is 0 Å². The van der Waals surface area contributed by atoms with Gasteiger partial charge in [-0.05, 0) is 5.56 Å². The molecule has 2 N–H and O–H groups in total. The van der Waals surface area contributed by atoms with Crippen molar-refractivity contribution in [1.82, 2.24) is 15.0 Å². The van der Waals surface area contributed by atoms with Gasteiger partial charge in [0, 0.05) is 26.1 Å². The first-order chi connectivity index (χ1) is 9.10. The van der Waals surface area contributed by atoms with Crippen LogP contribution >= 0.6 is 0 Å². The summed E-state index contributed by atoms with van der Waals surface area (Å²) >= 11 is 0. The molecule has 1 heterocycles. The number of benzene rings is 1. The Bertz CT molecular complexity index is 562. The number of rotatable bonds is 4. The van der Waals surface area contributed by atoms with Crippen molar-refractivity contribution in [2.45, 2.75) is 20.0 Å². The van der Waals surface area contributed by atoms with Crippen molar-refractivity contribution in [3.8, 4) is 11.4 Å². The standard InChI is InChI=1S/C13H16N4O2/c1-9(18)17(2)8-12-15-13(16-19-12)11-5-3-10(7-14)4-6-11/h3-6H,7-8,14H2,1-2H3. The summed E-state index contributed by atoms with van der Waals surface area (Å²) in [6, 6.07) is 7.64. The molecule has 0 saturated carbocycles. The third-order valence-electron chi connectivity index (χ3n) is 2.83. The van der Waals surface area contributed by atoms with E-state index in [0.717, 1.165) is 11.1 Å². The molecule has 19 heavy (non-hydrogen) atoms. The minimum Gasteiger partial charge on any atom is -0.337 e. The van der Waals surface area contributed by atoms with E-state index in [2.05, 4.69) is 10.1 Å². The molecule has 6 heteroatoms. The average Bonchev–Trinajstić information content (AvgIpc) is 2.87. The Morgan fingerprint density at radius 1 is 1.37 bits per heavy atom. The summed E-state index contributed by atoms with van der Waals surface area (Å²) in [5, 5.41) is 3.90. The van der Waals surface area contributed by atoms with Crippen LogP contribution < -0.4 is 5.73 Å². The molecule has 0 atom stereocenters. The zero-order chi connectivity index (χ0) is 13.8. The van der Waals surface area contributed by atoms with Crippen LogP contribution in [0.1, 0.15) is 18.4 Å². The lowest BCUT2D eigenvalue weighted by Gasteiger charge is -2.10. The molecule has 0 bridgehead atoms. The van der Waals surface area contributed by atoms with Crippen LogP contribution in [-0.4, -0.2) is 28.0 Å². The molecule has 1 aromatic heterocycles. The van der Waals surface area contributed by atoms with E-state index in [9.17, 15) is 4.79 Å². The molecule has 0 aliphatic rings. The number of carbonyl (C=O) groups is 1. The van der Waals surface area contributed by atoms with E-state index in [1.165, 1.54) is 11.8 Å². The number of hydrogen-bond acceptors (Lipinski definition) is 5. The summed E-state index contributed by atoms with van der Waals surface area (Å²) in [5.74, 6) is 0.873. The van der Waals surface area contributed by atoms with Crippen LogP contribution in [-0.2, 0) is 17.9 Å². The maximum atomic E-state index is 11.1. The van der Waals surface area contributed by atoms with Crippen molar-refractivity contribution in [2.75, 3.05) is 7.05 Å². The molecule has 100 valence electrons. The zero-order valence-corrected chi connectivity index (χ0v) is 11.0. The molecule has 0 radical (unpaired) electrons. The first-order valence-electron chi connectivity index (χ1n) is 5.94. The molecule has 6 nitrogen and oxygen atoms in total. The fourth-order valence-electron chi connectivity index (χ4n) is 1.54. The maximum absolute atomic E-state index is 11.1. The number of nitrogens with two attached hydrogens (primary N) is 1. The Balaban J connectivity index is 2.13. The lowest BCUT2D eigenvalue weighted by molar-refractivity contribution is -0.128. The van der Waals surface area contributed by atoms with E-state index in [4.69, 9.17) is 10.3 Å². The topological polar surface area (TPSA) is 85.2 Å². The third-order valence-corrected chi connectivity index (χ3v) is 2.83. The summed E-state index contributed by atoms with van der Waals surface area (Å²) in [6.45, 7) is 2.30. The van der Waals surface area contributed by atoms with Crippen molar-refractivity contribution in [2.24, 2.45) is 5.73 Å². The Kier molecular flexibility index (Phi) is 3.91. The highest BCUT2D eigenvalue weighted by molar-refractivity contribution is 5.72. The Labute approximate surface area is 111 Å². The Morgan fingerprint density at radius 2 is 2.05 bits per heavy atom. The molecule has 0 aliphatic heterocycles. The summed E-state index contributed by atoms with van der Waals surface area (Å²) in [7, 11) is 1.68. The van der Waals surface area contributed by atoms with Crippen LogP contribution in [0.2, 0.25) is 0 Å². The molecule has 0 spiro atoms. The number of aromatic nitrogens is 2. The summed E-state index contributed by atoms with van der Waals surface area (Å²) < 4.78 is 5.12. The van der Waals surface area contributed by atoms with E-state index >= 15 is 0 Å². The summed E-state index contributed by atoms with van der Waals surface area (Å²) in [5.41, 5.74) is 7.44. The van der Waals surface area contributed by atoms with Gasteiger partial charge in [-0.25, -0.2) is 0 Å². The highest BCUT2D eigenvalue weighted by atomic mass is 16.5. The van der Waals surface area contributed by atoms with Crippen LogP contribution in [0.5, 0.6) is 0 Å². The number of hydrogen-bond donors (Lipinski definition) is 1. The minimum absolute atomic E-state index is 0.0490. The molecule has 2 aromatic rings. The normalized spacial score (nSPS) is 10.5. The molecular weight excluding hydrogens is 244 g/mol. The highest BCUT2D eigenvalue weighted by Gasteiger charge is 2.11. The van der Waals surface area contributed by atoms with Crippen molar-refractivity contribution in [3.63, 3.8) is 0 Å². The maximum Gasteiger partial charge on any atom is 0.246 e. The van der Waals surface area contributed by atoms with E-state index in [0.29, 0.717) is 24.8 Å². The van der Waals surface area contributed by atoms with Crippen molar-refractivity contribution in [1.29, 1.82) is 0 Å². The highest BCUT2D eigenvalue weighted by Crippen LogP contribution is 2.16. The Hall–Kier alpha value is -2.21. The average molecular weight is 260 g/mol. The van der Waals surface area contributed by atoms with Crippen LogP contribution in [0.25, 0.3) is 11.4 Å². The van der Waals surface area contributed by atoms with Gasteiger partial charge in [0.25, 0.3) is 0 Å². The predicted molar refractivity (Wildman–Crippen MR) is 69.8 cm³/mol. The van der Waals surface area contributed by atoms with Crippen LogP contribution in [0, 0.1) is 0 Å². The van der Waals surface area contributed by atoms with Crippen molar-refractivity contribution >= 4 is 5.91 Å². The molecular formula is C13H16N4O2. The van der Waals surface area contributed by atoms with Gasteiger partial charge < -0.3 is 15.2 Å². The van der Waals surface area contributed by atoms with Gasteiger partial charge in [0.05, 0.1) is 6.54 Å². The van der Waals surface area contributed by atoms with Gasteiger partial charge in [0.1, 0.15) is 0 Å². The zero-order valence-electron chi connectivity index (χ0n) is 11.0. The Morgan fingerprint density at radius 3 is 2.63 bits per heavy atom.